The topological polar surface area (TPSA) is 69.7 Å². The number of carbonyl (C=O) groups excluding carboxylic acids is 3. The highest BCUT2D eigenvalue weighted by Crippen LogP contribution is 2.43. The molecule has 0 N–H and O–H groups in total. The lowest BCUT2D eigenvalue weighted by atomic mass is 9.72. The standard InChI is InChI=1S/C8H8O5/c1-3(9)12-5-2-4-6(5)8(11)13-7(4)10/h4-6H,2H2,1H3. The molecule has 1 heterocycles. The van der Waals surface area contributed by atoms with Gasteiger partial charge in [-0.3, -0.25) is 14.4 Å². The minimum absolute atomic E-state index is 0.378. The molecule has 1 saturated carbocycles. The molecule has 1 saturated heterocycles. The molecular weight excluding hydrogens is 176 g/mol. The number of esters is 3. The van der Waals surface area contributed by atoms with Gasteiger partial charge in [0.05, 0.1) is 5.92 Å². The summed E-state index contributed by atoms with van der Waals surface area (Å²) in [4.78, 5) is 32.5. The van der Waals surface area contributed by atoms with Gasteiger partial charge in [0.1, 0.15) is 12.0 Å². The molecule has 13 heavy (non-hydrogen) atoms. The summed E-state index contributed by atoms with van der Waals surface area (Å²) in [7, 11) is 0. The summed E-state index contributed by atoms with van der Waals surface area (Å²) in [5, 5.41) is 0. The van der Waals surface area contributed by atoms with Crippen LogP contribution in [0.5, 0.6) is 0 Å². The van der Waals surface area contributed by atoms with E-state index in [1.54, 1.807) is 0 Å². The summed E-state index contributed by atoms with van der Waals surface area (Å²) in [6.45, 7) is 1.27. The minimum atomic E-state index is -0.562. The van der Waals surface area contributed by atoms with Gasteiger partial charge in [-0.05, 0) is 6.42 Å². The second kappa shape index (κ2) is 2.55. The van der Waals surface area contributed by atoms with Crippen molar-refractivity contribution in [2.24, 2.45) is 11.8 Å². The van der Waals surface area contributed by atoms with Crippen LogP contribution in [0.1, 0.15) is 13.3 Å². The average Bonchev–Trinajstić information content (AvgIpc) is 2.15. The first-order valence-electron chi connectivity index (χ1n) is 4.02. The van der Waals surface area contributed by atoms with Gasteiger partial charge in [-0.25, -0.2) is 0 Å². The lowest BCUT2D eigenvalue weighted by Crippen LogP contribution is -2.45. The summed E-state index contributed by atoms with van der Waals surface area (Å²) in [5.74, 6) is -2.41. The largest absolute Gasteiger partial charge is 0.462 e. The molecule has 3 atom stereocenters. The predicted molar refractivity (Wildman–Crippen MR) is 38.3 cm³/mol. The molecular formula is C8H8O5. The van der Waals surface area contributed by atoms with E-state index >= 15 is 0 Å². The zero-order valence-corrected chi connectivity index (χ0v) is 6.98. The summed E-state index contributed by atoms with van der Waals surface area (Å²) in [6, 6.07) is 0. The van der Waals surface area contributed by atoms with Crippen molar-refractivity contribution in [1.29, 1.82) is 0 Å². The quantitative estimate of drug-likeness (QED) is 0.411. The van der Waals surface area contributed by atoms with Gasteiger partial charge in [0.2, 0.25) is 0 Å². The van der Waals surface area contributed by atoms with Gasteiger partial charge in [-0.2, -0.15) is 0 Å². The van der Waals surface area contributed by atoms with Gasteiger partial charge in [-0.15, -0.1) is 0 Å². The number of hydrogen-bond acceptors (Lipinski definition) is 5. The normalized spacial score (nSPS) is 36.2. The average molecular weight is 184 g/mol. The smallest absolute Gasteiger partial charge is 0.321 e. The molecule has 2 rings (SSSR count). The van der Waals surface area contributed by atoms with Crippen molar-refractivity contribution in [2.75, 3.05) is 0 Å². The maximum Gasteiger partial charge on any atom is 0.321 e. The fourth-order valence-electron chi connectivity index (χ4n) is 1.74. The van der Waals surface area contributed by atoms with Crippen LogP contribution in [0.2, 0.25) is 0 Å². The Morgan fingerprint density at radius 1 is 1.46 bits per heavy atom. The molecule has 3 unspecified atom stereocenters. The maximum atomic E-state index is 11.0. The third-order valence-corrected chi connectivity index (χ3v) is 2.41. The van der Waals surface area contributed by atoms with E-state index in [1.165, 1.54) is 6.92 Å². The van der Waals surface area contributed by atoms with E-state index in [0.29, 0.717) is 6.42 Å². The zero-order valence-electron chi connectivity index (χ0n) is 6.98. The highest BCUT2D eigenvalue weighted by molar-refractivity contribution is 5.98. The van der Waals surface area contributed by atoms with Crippen LogP contribution in [-0.4, -0.2) is 24.0 Å². The van der Waals surface area contributed by atoms with Crippen molar-refractivity contribution in [3.63, 3.8) is 0 Å². The van der Waals surface area contributed by atoms with Crippen LogP contribution in [0, 0.1) is 11.8 Å². The van der Waals surface area contributed by atoms with Crippen LogP contribution in [0.25, 0.3) is 0 Å². The predicted octanol–water partition coefficient (Wildman–Crippen LogP) is -0.362. The molecule has 0 aromatic heterocycles. The summed E-state index contributed by atoms with van der Waals surface area (Å²) in [5.41, 5.74) is 0. The summed E-state index contributed by atoms with van der Waals surface area (Å²) >= 11 is 0. The molecule has 1 aliphatic carbocycles. The molecule has 0 bridgehead atoms. The Balaban J connectivity index is 2.04. The van der Waals surface area contributed by atoms with E-state index in [0.717, 1.165) is 0 Å². The van der Waals surface area contributed by atoms with Gasteiger partial charge in [0, 0.05) is 6.92 Å². The number of fused-ring (bicyclic) bond motifs is 1. The van der Waals surface area contributed by atoms with E-state index in [1.807, 2.05) is 0 Å². The van der Waals surface area contributed by atoms with Crippen molar-refractivity contribution < 1.29 is 23.9 Å². The zero-order chi connectivity index (χ0) is 9.59. The fourth-order valence-corrected chi connectivity index (χ4v) is 1.74. The van der Waals surface area contributed by atoms with E-state index in [9.17, 15) is 14.4 Å². The molecule has 2 aliphatic rings. The van der Waals surface area contributed by atoms with Crippen molar-refractivity contribution in [1.82, 2.24) is 0 Å². The van der Waals surface area contributed by atoms with Gasteiger partial charge >= 0.3 is 17.9 Å². The van der Waals surface area contributed by atoms with Gasteiger partial charge < -0.3 is 9.47 Å². The Labute approximate surface area is 74.0 Å². The molecule has 0 aromatic rings. The third-order valence-electron chi connectivity index (χ3n) is 2.41. The Bertz CT molecular complexity index is 295. The third kappa shape index (κ3) is 1.11. The summed E-state index contributed by atoms with van der Waals surface area (Å²) < 4.78 is 9.22. The second-order valence-electron chi connectivity index (χ2n) is 3.26. The van der Waals surface area contributed by atoms with Crippen LogP contribution < -0.4 is 0 Å². The Morgan fingerprint density at radius 2 is 2.15 bits per heavy atom. The first kappa shape index (κ1) is 8.22. The number of rotatable bonds is 1. The fraction of sp³-hybridized carbons (Fsp3) is 0.625. The lowest BCUT2D eigenvalue weighted by molar-refractivity contribution is -0.163. The highest BCUT2D eigenvalue weighted by atomic mass is 16.6. The van der Waals surface area contributed by atoms with Crippen LogP contribution in [0.4, 0.5) is 0 Å². The molecule has 0 radical (unpaired) electrons. The van der Waals surface area contributed by atoms with E-state index < -0.39 is 29.9 Å². The van der Waals surface area contributed by atoms with Gasteiger partial charge in [0.25, 0.3) is 0 Å². The van der Waals surface area contributed by atoms with E-state index in [4.69, 9.17) is 4.74 Å². The van der Waals surface area contributed by atoms with Crippen LogP contribution in [0.3, 0.4) is 0 Å². The van der Waals surface area contributed by atoms with Crippen LogP contribution in [0.15, 0.2) is 0 Å². The second-order valence-corrected chi connectivity index (χ2v) is 3.26. The molecule has 2 fully saturated rings. The molecule has 1 aliphatic heterocycles. The monoisotopic (exact) mass is 184 g/mol. The van der Waals surface area contributed by atoms with Crippen LogP contribution in [-0.2, 0) is 23.9 Å². The van der Waals surface area contributed by atoms with Crippen molar-refractivity contribution in [2.45, 2.75) is 19.4 Å². The lowest BCUT2D eigenvalue weighted by Gasteiger charge is -2.33. The summed E-state index contributed by atoms with van der Waals surface area (Å²) in [6.07, 6.45) is -0.0455. The highest BCUT2D eigenvalue weighted by Gasteiger charge is 2.58. The van der Waals surface area contributed by atoms with E-state index in [2.05, 4.69) is 4.74 Å². The Kier molecular flexibility index (Phi) is 1.61. The van der Waals surface area contributed by atoms with Gasteiger partial charge in [0.15, 0.2) is 0 Å². The number of carbonyl (C=O) groups is 3. The van der Waals surface area contributed by atoms with Crippen LogP contribution >= 0.6 is 0 Å². The molecule has 0 spiro atoms. The number of cyclic esters (lactones) is 2. The first-order chi connectivity index (χ1) is 6.09. The van der Waals surface area contributed by atoms with Crippen molar-refractivity contribution in [3.05, 3.63) is 0 Å². The Hall–Kier alpha value is -1.39. The number of ether oxygens (including phenoxy) is 2. The first-order valence-corrected chi connectivity index (χ1v) is 4.02. The van der Waals surface area contributed by atoms with Crippen molar-refractivity contribution >= 4 is 17.9 Å². The van der Waals surface area contributed by atoms with Gasteiger partial charge in [-0.1, -0.05) is 0 Å². The van der Waals surface area contributed by atoms with Crippen molar-refractivity contribution in [3.8, 4) is 0 Å². The molecule has 70 valence electrons. The number of hydrogen-bond donors (Lipinski definition) is 0. The minimum Gasteiger partial charge on any atom is -0.462 e. The molecule has 0 amide bonds. The SMILES string of the molecule is CC(=O)OC1CC2C(=O)OC(=O)C12. The molecule has 5 nitrogen and oxygen atoms in total. The molecule has 0 aromatic carbocycles. The maximum absolute atomic E-state index is 11.0. The molecule has 5 heteroatoms. The van der Waals surface area contributed by atoms with E-state index in [-0.39, 0.29) is 5.92 Å². The Morgan fingerprint density at radius 3 is 2.69 bits per heavy atom.